The number of ether oxygens (including phenoxy) is 1. The van der Waals surface area contributed by atoms with Gasteiger partial charge in [0.15, 0.2) is 0 Å². The lowest BCUT2D eigenvalue weighted by Gasteiger charge is -2.31. The van der Waals surface area contributed by atoms with E-state index in [1.165, 1.54) is 5.56 Å². The maximum atomic E-state index is 12.2. The molecule has 1 aromatic carbocycles. The number of hydrogen-bond acceptors (Lipinski definition) is 4. The van der Waals surface area contributed by atoms with Crippen LogP contribution >= 0.6 is 0 Å². The number of hydrogen-bond donors (Lipinski definition) is 2. The van der Waals surface area contributed by atoms with Crippen LogP contribution in [-0.4, -0.2) is 56.6 Å². The molecule has 24 heavy (non-hydrogen) atoms. The van der Waals surface area contributed by atoms with E-state index in [1.807, 2.05) is 18.2 Å². The Morgan fingerprint density at radius 1 is 1.17 bits per heavy atom. The summed E-state index contributed by atoms with van der Waals surface area (Å²) in [5.41, 5.74) is 1.30. The van der Waals surface area contributed by atoms with Crippen LogP contribution in [0.15, 0.2) is 30.3 Å². The molecule has 6 nitrogen and oxygen atoms in total. The Balaban J connectivity index is 1.64. The summed E-state index contributed by atoms with van der Waals surface area (Å²) in [6.45, 7) is 3.71. The zero-order chi connectivity index (χ0) is 17.2. The second-order valence-electron chi connectivity index (χ2n) is 6.10. The number of nitrogens with zero attached hydrogens (tertiary/aromatic N) is 1. The van der Waals surface area contributed by atoms with Gasteiger partial charge in [-0.05, 0) is 31.5 Å². The Labute approximate surface area is 143 Å². The number of methoxy groups -OCH3 is 1. The molecule has 132 valence electrons. The fourth-order valence-electron chi connectivity index (χ4n) is 2.86. The molecule has 0 aromatic heterocycles. The average Bonchev–Trinajstić information content (AvgIpc) is 2.61. The third-order valence-corrected chi connectivity index (χ3v) is 4.26. The van der Waals surface area contributed by atoms with Crippen molar-refractivity contribution in [2.75, 3.05) is 39.9 Å². The Hall–Kier alpha value is -1.92. The van der Waals surface area contributed by atoms with Crippen LogP contribution in [0.25, 0.3) is 0 Å². The molecule has 0 atom stereocenters. The molecule has 0 unspecified atom stereocenters. The summed E-state index contributed by atoms with van der Waals surface area (Å²) in [4.78, 5) is 26.1. The zero-order valence-corrected chi connectivity index (χ0v) is 14.3. The van der Waals surface area contributed by atoms with Crippen molar-refractivity contribution in [3.8, 4) is 0 Å². The summed E-state index contributed by atoms with van der Waals surface area (Å²) < 4.78 is 4.86. The van der Waals surface area contributed by atoms with Crippen molar-refractivity contribution < 1.29 is 14.3 Å². The van der Waals surface area contributed by atoms with Crippen LogP contribution in [0.3, 0.4) is 0 Å². The number of piperidine rings is 1. The van der Waals surface area contributed by atoms with Gasteiger partial charge in [-0.25, -0.2) is 0 Å². The molecule has 2 N–H and O–H groups in total. The van der Waals surface area contributed by atoms with E-state index in [0.717, 1.165) is 32.5 Å². The molecule has 1 aliphatic heterocycles. The van der Waals surface area contributed by atoms with Gasteiger partial charge in [0.05, 0.1) is 13.2 Å². The van der Waals surface area contributed by atoms with Gasteiger partial charge in [-0.15, -0.1) is 0 Å². The summed E-state index contributed by atoms with van der Waals surface area (Å²) in [5, 5.41) is 5.42. The van der Waals surface area contributed by atoms with E-state index in [4.69, 9.17) is 4.74 Å². The van der Waals surface area contributed by atoms with Crippen LogP contribution in [0, 0.1) is 5.92 Å². The lowest BCUT2D eigenvalue weighted by Crippen LogP contribution is -2.43. The van der Waals surface area contributed by atoms with Crippen LogP contribution in [-0.2, 0) is 20.9 Å². The van der Waals surface area contributed by atoms with E-state index >= 15 is 0 Å². The molecule has 2 rings (SSSR count). The largest absolute Gasteiger partial charge is 0.383 e. The van der Waals surface area contributed by atoms with E-state index in [9.17, 15) is 9.59 Å². The summed E-state index contributed by atoms with van der Waals surface area (Å²) in [7, 11) is 1.58. The average molecular weight is 333 g/mol. The van der Waals surface area contributed by atoms with Crippen LogP contribution in [0.5, 0.6) is 0 Å². The molecule has 0 aliphatic carbocycles. The monoisotopic (exact) mass is 333 g/mol. The van der Waals surface area contributed by atoms with Crippen molar-refractivity contribution in [3.63, 3.8) is 0 Å². The highest BCUT2D eigenvalue weighted by Gasteiger charge is 2.25. The van der Waals surface area contributed by atoms with Gasteiger partial charge in [0.2, 0.25) is 11.8 Å². The van der Waals surface area contributed by atoms with Crippen molar-refractivity contribution in [2.45, 2.75) is 19.4 Å². The summed E-state index contributed by atoms with van der Waals surface area (Å²) in [6.07, 6.45) is 1.67. The third-order valence-electron chi connectivity index (χ3n) is 4.26. The highest BCUT2D eigenvalue weighted by Crippen LogP contribution is 2.19. The Bertz CT molecular complexity index is 514. The predicted molar refractivity (Wildman–Crippen MR) is 92.3 cm³/mol. The molecular weight excluding hydrogens is 306 g/mol. The van der Waals surface area contributed by atoms with Crippen molar-refractivity contribution in [1.29, 1.82) is 0 Å². The fourth-order valence-corrected chi connectivity index (χ4v) is 2.86. The van der Waals surface area contributed by atoms with Crippen molar-refractivity contribution in [1.82, 2.24) is 15.5 Å². The fraction of sp³-hybridized carbons (Fsp3) is 0.556. The number of likely N-dealkylation sites (tertiary alicyclic amines) is 1. The number of carbonyl (C=O) groups excluding carboxylic acids is 2. The lowest BCUT2D eigenvalue weighted by molar-refractivity contribution is -0.129. The van der Waals surface area contributed by atoms with Crippen LogP contribution < -0.4 is 10.6 Å². The second kappa shape index (κ2) is 10.1. The Kier molecular flexibility index (Phi) is 7.71. The predicted octanol–water partition coefficient (Wildman–Crippen LogP) is 0.777. The number of nitrogens with one attached hydrogen (secondary N) is 2. The molecule has 1 heterocycles. The zero-order valence-electron chi connectivity index (χ0n) is 14.3. The van der Waals surface area contributed by atoms with Crippen LogP contribution in [0.2, 0.25) is 0 Å². The maximum absolute atomic E-state index is 12.2. The molecule has 2 amide bonds. The summed E-state index contributed by atoms with van der Waals surface area (Å²) in [6, 6.07) is 10.4. The highest BCUT2D eigenvalue weighted by molar-refractivity contribution is 5.85. The molecule has 6 heteroatoms. The summed E-state index contributed by atoms with van der Waals surface area (Å²) in [5.74, 6) is -0.193. The standard InChI is InChI=1S/C18H27N3O3/c1-24-12-9-19-17(22)13-20-18(23)16-7-10-21(11-8-16)14-15-5-3-2-4-6-15/h2-6,16H,7-14H2,1H3,(H,19,22)(H,20,23). The Morgan fingerprint density at radius 3 is 2.54 bits per heavy atom. The Morgan fingerprint density at radius 2 is 1.88 bits per heavy atom. The van der Waals surface area contributed by atoms with Gasteiger partial charge < -0.3 is 15.4 Å². The number of rotatable bonds is 8. The molecule has 1 aromatic rings. The van der Waals surface area contributed by atoms with E-state index in [-0.39, 0.29) is 24.3 Å². The number of benzene rings is 1. The maximum Gasteiger partial charge on any atom is 0.239 e. The normalized spacial score (nSPS) is 15.9. The molecule has 1 fully saturated rings. The van der Waals surface area contributed by atoms with Gasteiger partial charge >= 0.3 is 0 Å². The molecule has 0 saturated carbocycles. The molecule has 0 radical (unpaired) electrons. The van der Waals surface area contributed by atoms with Crippen LogP contribution in [0.4, 0.5) is 0 Å². The second-order valence-corrected chi connectivity index (χ2v) is 6.10. The minimum atomic E-state index is -0.179. The smallest absolute Gasteiger partial charge is 0.239 e. The first-order valence-corrected chi connectivity index (χ1v) is 8.48. The third kappa shape index (κ3) is 6.29. The minimum Gasteiger partial charge on any atom is -0.383 e. The van der Waals surface area contributed by atoms with Gasteiger partial charge in [-0.1, -0.05) is 30.3 Å². The molecule has 0 bridgehead atoms. The topological polar surface area (TPSA) is 70.7 Å². The SMILES string of the molecule is COCCNC(=O)CNC(=O)C1CCN(Cc2ccccc2)CC1. The number of amides is 2. The van der Waals surface area contributed by atoms with Gasteiger partial charge in [-0.2, -0.15) is 0 Å². The van der Waals surface area contributed by atoms with Gasteiger partial charge in [0.25, 0.3) is 0 Å². The van der Waals surface area contributed by atoms with Crippen LogP contribution in [0.1, 0.15) is 18.4 Å². The minimum absolute atomic E-state index is 0.00352. The van der Waals surface area contributed by atoms with E-state index in [0.29, 0.717) is 13.2 Å². The van der Waals surface area contributed by atoms with E-state index in [1.54, 1.807) is 7.11 Å². The molecule has 0 spiro atoms. The lowest BCUT2D eigenvalue weighted by atomic mass is 9.95. The van der Waals surface area contributed by atoms with Crippen molar-refractivity contribution in [3.05, 3.63) is 35.9 Å². The molecule has 1 aliphatic rings. The molecule has 1 saturated heterocycles. The van der Waals surface area contributed by atoms with Gasteiger partial charge in [0.1, 0.15) is 0 Å². The highest BCUT2D eigenvalue weighted by atomic mass is 16.5. The molecular formula is C18H27N3O3. The number of carbonyl (C=O) groups is 2. The van der Waals surface area contributed by atoms with E-state index < -0.39 is 0 Å². The van der Waals surface area contributed by atoms with Crippen molar-refractivity contribution >= 4 is 11.8 Å². The summed E-state index contributed by atoms with van der Waals surface area (Å²) >= 11 is 0. The first-order chi connectivity index (χ1) is 11.7. The van der Waals surface area contributed by atoms with Gasteiger partial charge in [0, 0.05) is 26.1 Å². The van der Waals surface area contributed by atoms with Crippen molar-refractivity contribution in [2.24, 2.45) is 5.92 Å². The van der Waals surface area contributed by atoms with E-state index in [2.05, 4.69) is 27.7 Å². The van der Waals surface area contributed by atoms with Gasteiger partial charge in [-0.3, -0.25) is 14.5 Å². The first kappa shape index (κ1) is 18.4. The first-order valence-electron chi connectivity index (χ1n) is 8.48. The quantitative estimate of drug-likeness (QED) is 0.690.